The summed E-state index contributed by atoms with van der Waals surface area (Å²) in [5.41, 5.74) is -3.10. The molecule has 164 valence electrons. The molecule has 1 aromatic carbocycles. The molecule has 0 bridgehead atoms. The first-order valence-corrected chi connectivity index (χ1v) is 9.45. The Hall–Kier alpha value is -3.47. The Morgan fingerprint density at radius 3 is 2.61 bits per heavy atom. The number of hydrogen-bond donors (Lipinski definition) is 3. The zero-order chi connectivity index (χ0) is 22.8. The molecule has 0 aliphatic carbocycles. The van der Waals surface area contributed by atoms with E-state index in [1.807, 2.05) is 0 Å². The molecule has 1 unspecified atom stereocenters. The van der Waals surface area contributed by atoms with Crippen molar-refractivity contribution in [1.29, 1.82) is 0 Å². The van der Waals surface area contributed by atoms with Crippen LogP contribution >= 0.6 is 0 Å². The predicted molar refractivity (Wildman–Crippen MR) is 104 cm³/mol. The van der Waals surface area contributed by atoms with Gasteiger partial charge in [0.1, 0.15) is 29.0 Å². The van der Waals surface area contributed by atoms with Crippen molar-refractivity contribution in [2.45, 2.75) is 32.2 Å². The maximum atomic E-state index is 13.9. The number of carbonyl (C=O) groups is 2. The van der Waals surface area contributed by atoms with E-state index in [0.29, 0.717) is 6.07 Å². The highest BCUT2D eigenvalue weighted by atomic mass is 19.1. The van der Waals surface area contributed by atoms with Crippen molar-refractivity contribution < 1.29 is 28.6 Å². The lowest BCUT2D eigenvalue weighted by Crippen LogP contribution is -2.65. The number of aliphatic hydroxyl groups excluding tert-OH is 1. The van der Waals surface area contributed by atoms with Crippen molar-refractivity contribution >= 4 is 11.8 Å². The summed E-state index contributed by atoms with van der Waals surface area (Å²) in [5.74, 6) is -4.20. The van der Waals surface area contributed by atoms with Crippen LogP contribution < -0.4 is 15.8 Å². The van der Waals surface area contributed by atoms with Crippen molar-refractivity contribution in [3.63, 3.8) is 0 Å². The predicted octanol–water partition coefficient (Wildman–Crippen LogP) is 0.569. The van der Waals surface area contributed by atoms with Crippen LogP contribution in [0.2, 0.25) is 0 Å². The zero-order valence-corrected chi connectivity index (χ0v) is 16.9. The van der Waals surface area contributed by atoms with Crippen LogP contribution in [0.15, 0.2) is 23.0 Å². The number of aromatic hydroxyl groups is 1. The van der Waals surface area contributed by atoms with E-state index in [4.69, 9.17) is 0 Å². The minimum atomic E-state index is -1.30. The SMILES string of the molecule is CN1C(=O)c2c(O)c(=O)c(C(=O)NCc3ccc(F)cc3F)c3n2N(CC3O)C1(C)C. The molecule has 3 N–H and O–H groups in total. The maximum Gasteiger partial charge on any atom is 0.278 e. The lowest BCUT2D eigenvalue weighted by molar-refractivity contribution is 0.0475. The van der Waals surface area contributed by atoms with Gasteiger partial charge in [-0.2, -0.15) is 0 Å². The topological polar surface area (TPSA) is 115 Å². The molecule has 31 heavy (non-hydrogen) atoms. The molecule has 2 aliphatic heterocycles. The number of amides is 2. The third-order valence-electron chi connectivity index (χ3n) is 5.91. The summed E-state index contributed by atoms with van der Waals surface area (Å²) in [4.78, 5) is 39.8. The molecule has 0 radical (unpaired) electrons. The fourth-order valence-corrected chi connectivity index (χ4v) is 3.95. The van der Waals surface area contributed by atoms with Gasteiger partial charge in [0.15, 0.2) is 11.4 Å². The normalized spacial score (nSPS) is 18.9. The van der Waals surface area contributed by atoms with Gasteiger partial charge in [0.2, 0.25) is 5.43 Å². The van der Waals surface area contributed by atoms with E-state index in [0.717, 1.165) is 12.1 Å². The van der Waals surface area contributed by atoms with Crippen LogP contribution in [0.1, 0.15) is 52.1 Å². The number of hydrogen-bond acceptors (Lipinski definition) is 6. The lowest BCUT2D eigenvalue weighted by Gasteiger charge is -2.49. The molecular formula is C20H20F2N4O5. The summed E-state index contributed by atoms with van der Waals surface area (Å²) >= 11 is 0. The average molecular weight is 434 g/mol. The van der Waals surface area contributed by atoms with Crippen molar-refractivity contribution in [2.75, 3.05) is 18.6 Å². The molecular weight excluding hydrogens is 414 g/mol. The Morgan fingerprint density at radius 1 is 1.29 bits per heavy atom. The molecule has 0 fully saturated rings. The van der Waals surface area contributed by atoms with Gasteiger partial charge >= 0.3 is 0 Å². The van der Waals surface area contributed by atoms with Crippen molar-refractivity contribution in [2.24, 2.45) is 0 Å². The molecule has 0 saturated carbocycles. The fraction of sp³-hybridized carbons (Fsp3) is 0.350. The number of halogens is 2. The Morgan fingerprint density at radius 2 is 1.97 bits per heavy atom. The molecule has 9 nitrogen and oxygen atoms in total. The maximum absolute atomic E-state index is 13.9. The number of rotatable bonds is 3. The summed E-state index contributed by atoms with van der Waals surface area (Å²) in [6, 6.07) is 2.83. The number of pyridine rings is 1. The molecule has 0 saturated heterocycles. The molecule has 2 amide bonds. The van der Waals surface area contributed by atoms with Gasteiger partial charge in [-0.1, -0.05) is 6.07 Å². The van der Waals surface area contributed by atoms with Crippen LogP contribution in [0.3, 0.4) is 0 Å². The number of carbonyl (C=O) groups excluding carboxylic acids is 2. The van der Waals surface area contributed by atoms with Crippen molar-refractivity contribution in [3.8, 4) is 5.75 Å². The van der Waals surface area contributed by atoms with Crippen LogP contribution in [0.25, 0.3) is 0 Å². The number of nitrogens with one attached hydrogen (secondary N) is 1. The first kappa shape index (κ1) is 20.8. The highest BCUT2D eigenvalue weighted by Gasteiger charge is 2.50. The summed E-state index contributed by atoms with van der Waals surface area (Å²) < 4.78 is 28.1. The van der Waals surface area contributed by atoms with E-state index < -0.39 is 52.0 Å². The summed E-state index contributed by atoms with van der Waals surface area (Å²) in [5, 5.41) is 25.1. The molecule has 1 aromatic heterocycles. The van der Waals surface area contributed by atoms with E-state index >= 15 is 0 Å². The number of nitrogens with zero attached hydrogens (tertiary/aromatic N) is 3. The van der Waals surface area contributed by atoms with Crippen LogP contribution in [0, 0.1) is 11.6 Å². The fourth-order valence-electron chi connectivity index (χ4n) is 3.95. The summed E-state index contributed by atoms with van der Waals surface area (Å²) in [6.45, 7) is 3.02. The van der Waals surface area contributed by atoms with E-state index in [1.54, 1.807) is 18.9 Å². The highest BCUT2D eigenvalue weighted by molar-refractivity contribution is 6.01. The number of aromatic nitrogens is 1. The lowest BCUT2D eigenvalue weighted by atomic mass is 10.1. The third-order valence-corrected chi connectivity index (χ3v) is 5.91. The van der Waals surface area contributed by atoms with E-state index in [-0.39, 0.29) is 30.0 Å². The molecule has 0 spiro atoms. The van der Waals surface area contributed by atoms with Crippen LogP contribution in [-0.2, 0) is 6.54 Å². The molecule has 1 atom stereocenters. The largest absolute Gasteiger partial charge is 0.502 e. The standard InChI is InChI=1S/C20H20F2N4O5/c1-20(2)24(3)19(31)15-17(29)16(28)13(14-12(27)8-25(20)26(14)15)18(30)23-7-9-4-5-10(21)6-11(9)22/h4-6,12,27,29H,7-8H2,1-3H3,(H,23,30). The second-order valence-corrected chi connectivity index (χ2v) is 7.97. The van der Waals surface area contributed by atoms with Gasteiger partial charge in [0, 0.05) is 25.2 Å². The first-order valence-electron chi connectivity index (χ1n) is 9.45. The molecule has 2 aliphatic rings. The molecule has 11 heteroatoms. The minimum Gasteiger partial charge on any atom is -0.502 e. The third kappa shape index (κ3) is 2.87. The van der Waals surface area contributed by atoms with Crippen LogP contribution in [0.4, 0.5) is 8.78 Å². The van der Waals surface area contributed by atoms with Gasteiger partial charge in [0.25, 0.3) is 11.8 Å². The van der Waals surface area contributed by atoms with Gasteiger partial charge in [-0.25, -0.2) is 13.5 Å². The molecule has 4 rings (SSSR count). The molecule has 3 heterocycles. The Labute approximate surface area is 175 Å². The first-order chi connectivity index (χ1) is 14.5. The van der Waals surface area contributed by atoms with Gasteiger partial charge in [-0.05, 0) is 19.9 Å². The monoisotopic (exact) mass is 434 g/mol. The molecule has 2 aromatic rings. The average Bonchev–Trinajstić information content (AvgIpc) is 3.04. The van der Waals surface area contributed by atoms with E-state index in [9.17, 15) is 33.4 Å². The number of benzene rings is 1. The van der Waals surface area contributed by atoms with Crippen molar-refractivity contribution in [3.05, 3.63) is 62.6 Å². The minimum absolute atomic E-state index is 0.0198. The second kappa shape index (κ2) is 6.77. The highest BCUT2D eigenvalue weighted by Crippen LogP contribution is 2.38. The van der Waals surface area contributed by atoms with Crippen LogP contribution in [0.5, 0.6) is 5.75 Å². The summed E-state index contributed by atoms with van der Waals surface area (Å²) in [7, 11) is 1.50. The Kier molecular flexibility index (Phi) is 4.54. The van der Waals surface area contributed by atoms with Gasteiger partial charge in [0.05, 0.1) is 12.2 Å². The number of aliphatic hydroxyl groups is 1. The summed E-state index contributed by atoms with van der Waals surface area (Å²) in [6.07, 6.45) is -1.30. The quantitative estimate of drug-likeness (QED) is 0.651. The van der Waals surface area contributed by atoms with E-state index in [2.05, 4.69) is 5.32 Å². The van der Waals surface area contributed by atoms with Crippen molar-refractivity contribution in [1.82, 2.24) is 14.9 Å². The zero-order valence-electron chi connectivity index (χ0n) is 16.9. The van der Waals surface area contributed by atoms with Crippen LogP contribution in [-0.4, -0.2) is 50.9 Å². The smallest absolute Gasteiger partial charge is 0.278 e. The Bertz CT molecular complexity index is 1190. The van der Waals surface area contributed by atoms with Gasteiger partial charge in [-0.15, -0.1) is 0 Å². The van der Waals surface area contributed by atoms with E-state index in [1.165, 1.54) is 16.6 Å². The second-order valence-electron chi connectivity index (χ2n) is 7.97. The Balaban J connectivity index is 1.80. The van der Waals surface area contributed by atoms with Gasteiger partial charge in [-0.3, -0.25) is 19.4 Å². The van der Waals surface area contributed by atoms with Gasteiger partial charge < -0.3 is 20.4 Å².